The average molecular weight is 650 g/mol. The smallest absolute Gasteiger partial charge is 0.254 e. The molecule has 0 radical (unpaired) electrons. The Labute approximate surface area is 275 Å². The number of benzene rings is 1. The molecule has 13 heteroatoms. The summed E-state index contributed by atoms with van der Waals surface area (Å²) in [6, 6.07) is 14.7. The summed E-state index contributed by atoms with van der Waals surface area (Å²) in [6.07, 6.45) is 6.98. The molecule has 1 aromatic carbocycles. The summed E-state index contributed by atoms with van der Waals surface area (Å²) in [6.45, 7) is 1.54. The van der Waals surface area contributed by atoms with Gasteiger partial charge in [-0.05, 0) is 61.6 Å². The predicted octanol–water partition coefficient (Wildman–Crippen LogP) is 4.62. The molecule has 2 atom stereocenters. The van der Waals surface area contributed by atoms with Gasteiger partial charge in [-0.1, -0.05) is 6.07 Å². The lowest BCUT2D eigenvalue weighted by Gasteiger charge is -2.33. The molecule has 1 aliphatic carbocycles. The van der Waals surface area contributed by atoms with E-state index < -0.39 is 12.2 Å². The number of carbonyl (C=O) groups is 1. The summed E-state index contributed by atoms with van der Waals surface area (Å²) in [5.41, 5.74) is 10.5. The van der Waals surface area contributed by atoms with Crippen LogP contribution in [-0.2, 0) is 13.1 Å². The van der Waals surface area contributed by atoms with Crippen LogP contribution in [0.2, 0.25) is 0 Å². The number of methoxy groups -OCH3 is 2. The second-order valence-electron chi connectivity index (χ2n) is 12.7. The Hall–Kier alpha value is -5.30. The molecule has 8 rings (SSSR count). The lowest BCUT2D eigenvalue weighted by atomic mass is 10.0. The van der Waals surface area contributed by atoms with Crippen molar-refractivity contribution in [2.24, 2.45) is 11.7 Å². The first-order chi connectivity index (χ1) is 23.4. The van der Waals surface area contributed by atoms with E-state index in [9.17, 15) is 9.18 Å². The van der Waals surface area contributed by atoms with Gasteiger partial charge in [0.2, 0.25) is 5.88 Å². The van der Waals surface area contributed by atoms with E-state index in [1.807, 2.05) is 30.6 Å². The van der Waals surface area contributed by atoms with Crippen LogP contribution in [0.25, 0.3) is 39.4 Å². The van der Waals surface area contributed by atoms with E-state index in [0.29, 0.717) is 53.4 Å². The van der Waals surface area contributed by atoms with Crippen LogP contribution in [0.4, 0.5) is 4.39 Å². The molecule has 6 aromatic rings. The lowest BCUT2D eigenvalue weighted by molar-refractivity contribution is 0.0606. The molecule has 0 unspecified atom stereocenters. The Morgan fingerprint density at radius 1 is 1.04 bits per heavy atom. The van der Waals surface area contributed by atoms with Crippen molar-refractivity contribution in [3.8, 4) is 29.0 Å². The van der Waals surface area contributed by atoms with Crippen molar-refractivity contribution in [1.82, 2.24) is 38.8 Å². The molecular formula is C35H36FN9O3. The van der Waals surface area contributed by atoms with Crippen LogP contribution in [0.5, 0.6) is 11.6 Å². The minimum Gasteiger partial charge on any atom is -0.494 e. The third kappa shape index (κ3) is 5.53. The number of hydrogen-bond acceptors (Lipinski definition) is 8. The summed E-state index contributed by atoms with van der Waals surface area (Å²) >= 11 is 0. The number of rotatable bonds is 9. The van der Waals surface area contributed by atoms with Gasteiger partial charge in [-0.2, -0.15) is 10.1 Å². The van der Waals surface area contributed by atoms with E-state index in [-0.39, 0.29) is 18.9 Å². The number of imidazole rings is 1. The molecular weight excluding hydrogens is 613 g/mol. The first-order valence-corrected chi connectivity index (χ1v) is 16.1. The molecule has 1 amide bonds. The molecule has 1 aliphatic heterocycles. The van der Waals surface area contributed by atoms with Gasteiger partial charge in [0.1, 0.15) is 23.1 Å². The highest BCUT2D eigenvalue weighted by Gasteiger charge is 2.31. The number of ether oxygens (including phenoxy) is 2. The number of piperidine rings is 1. The molecule has 48 heavy (non-hydrogen) atoms. The maximum Gasteiger partial charge on any atom is 0.254 e. The number of nitrogens with zero attached hydrogens (tertiary/aromatic N) is 8. The monoisotopic (exact) mass is 649 g/mol. The molecule has 12 nitrogen and oxygen atoms in total. The van der Waals surface area contributed by atoms with Crippen LogP contribution in [-0.4, -0.2) is 84.2 Å². The van der Waals surface area contributed by atoms with Gasteiger partial charge in [0.25, 0.3) is 5.91 Å². The first kappa shape index (κ1) is 30.1. The molecule has 0 spiro atoms. The number of likely N-dealkylation sites (tertiary alicyclic amines) is 1. The van der Waals surface area contributed by atoms with Gasteiger partial charge >= 0.3 is 0 Å². The summed E-state index contributed by atoms with van der Waals surface area (Å²) in [5, 5.41) is 5.62. The van der Waals surface area contributed by atoms with E-state index in [2.05, 4.69) is 31.3 Å². The van der Waals surface area contributed by atoms with Crippen molar-refractivity contribution in [1.29, 1.82) is 0 Å². The quantitative estimate of drug-likeness (QED) is 0.240. The number of hydrogen-bond donors (Lipinski definition) is 1. The lowest BCUT2D eigenvalue weighted by Crippen LogP contribution is -2.50. The molecule has 2 N–H and O–H groups in total. The van der Waals surface area contributed by atoms with E-state index >= 15 is 0 Å². The summed E-state index contributed by atoms with van der Waals surface area (Å²) in [5.74, 6) is 2.60. The highest BCUT2D eigenvalue weighted by atomic mass is 19.1. The minimum atomic E-state index is -1.16. The highest BCUT2D eigenvalue weighted by Crippen LogP contribution is 2.38. The van der Waals surface area contributed by atoms with E-state index in [1.165, 1.54) is 17.7 Å². The number of carbonyl (C=O) groups excluding carboxylic acids is 1. The second kappa shape index (κ2) is 12.1. The molecule has 2 aliphatic rings. The van der Waals surface area contributed by atoms with Gasteiger partial charge in [-0.15, -0.1) is 0 Å². The summed E-state index contributed by atoms with van der Waals surface area (Å²) in [4.78, 5) is 29.6. The fourth-order valence-corrected chi connectivity index (χ4v) is 6.69. The Morgan fingerprint density at radius 3 is 2.71 bits per heavy atom. The number of aromatic nitrogens is 7. The maximum absolute atomic E-state index is 14.4. The highest BCUT2D eigenvalue weighted by molar-refractivity contribution is 6.00. The third-order valence-corrected chi connectivity index (χ3v) is 9.14. The Morgan fingerprint density at radius 2 is 1.92 bits per heavy atom. The zero-order chi connectivity index (χ0) is 32.9. The Balaban J connectivity index is 1.27. The zero-order valence-corrected chi connectivity index (χ0v) is 26.8. The number of fused-ring (bicyclic) bond motifs is 2. The molecule has 246 valence electrons. The fraction of sp³-hybridized carbons (Fsp3) is 0.343. The summed E-state index contributed by atoms with van der Waals surface area (Å²) < 4.78 is 31.8. The number of halogens is 1. The van der Waals surface area contributed by atoms with Crippen LogP contribution in [0, 0.1) is 5.92 Å². The van der Waals surface area contributed by atoms with Crippen molar-refractivity contribution < 1.29 is 18.7 Å². The Bertz CT molecular complexity index is 2140. The molecule has 1 saturated heterocycles. The molecule has 2 fully saturated rings. The van der Waals surface area contributed by atoms with E-state index in [1.54, 1.807) is 43.3 Å². The number of pyridine rings is 2. The topological polar surface area (TPSA) is 131 Å². The van der Waals surface area contributed by atoms with E-state index in [0.717, 1.165) is 34.4 Å². The first-order valence-electron chi connectivity index (χ1n) is 16.1. The second-order valence-corrected chi connectivity index (χ2v) is 12.7. The Kier molecular flexibility index (Phi) is 7.55. The molecule has 0 bridgehead atoms. The maximum atomic E-state index is 14.4. The van der Waals surface area contributed by atoms with Gasteiger partial charge in [-0.3, -0.25) is 4.79 Å². The molecule has 1 saturated carbocycles. The van der Waals surface area contributed by atoms with Crippen molar-refractivity contribution in [3.63, 3.8) is 0 Å². The normalized spacial score (nSPS) is 18.1. The van der Waals surface area contributed by atoms with Gasteiger partial charge in [-0.25, -0.2) is 19.0 Å². The summed E-state index contributed by atoms with van der Waals surface area (Å²) in [7, 11) is 3.16. The average Bonchev–Trinajstić information content (AvgIpc) is 3.50. The fourth-order valence-electron chi connectivity index (χ4n) is 6.69. The van der Waals surface area contributed by atoms with Crippen LogP contribution in [0.3, 0.4) is 0 Å². The predicted molar refractivity (Wildman–Crippen MR) is 178 cm³/mol. The van der Waals surface area contributed by atoms with Crippen molar-refractivity contribution in [3.05, 3.63) is 78.2 Å². The number of alkyl halides is 1. The number of nitrogens with two attached hydrogens (primary N) is 1. The third-order valence-electron chi connectivity index (χ3n) is 9.14. The van der Waals surface area contributed by atoms with E-state index in [4.69, 9.17) is 25.2 Å². The minimum absolute atomic E-state index is 0.00693. The molecule has 5 aromatic heterocycles. The van der Waals surface area contributed by atoms with Crippen LogP contribution >= 0.6 is 0 Å². The van der Waals surface area contributed by atoms with Gasteiger partial charge in [0, 0.05) is 54.1 Å². The standard InChI is InChI=1S/C35H36FN9O3/c1-47-29-13-24(35(46)42-19-25(36)14-26(37)20-42)11-27-32(29)44(17-22-15-39-45(18-22)30-6-3-7-31(41-30)48-2)34(40-27)28-12-23-5-4-10-38-33(23)43(28)16-21-8-9-21/h3-7,10-13,15,18,21,25-26H,8-9,14,16-17,19-20,37H2,1-2H3/t25-,26-/m1/s1. The van der Waals surface area contributed by atoms with Gasteiger partial charge in [0.15, 0.2) is 11.6 Å². The zero-order valence-electron chi connectivity index (χ0n) is 26.8. The van der Waals surface area contributed by atoms with Crippen LogP contribution < -0.4 is 15.2 Å². The van der Waals surface area contributed by atoms with Crippen molar-refractivity contribution >= 4 is 28.0 Å². The van der Waals surface area contributed by atoms with Crippen molar-refractivity contribution in [2.45, 2.75) is 44.6 Å². The van der Waals surface area contributed by atoms with Gasteiger partial charge in [0.05, 0.1) is 44.7 Å². The van der Waals surface area contributed by atoms with Crippen LogP contribution in [0.15, 0.2) is 67.1 Å². The molecule has 6 heterocycles. The van der Waals surface area contributed by atoms with Crippen LogP contribution in [0.1, 0.15) is 35.2 Å². The van der Waals surface area contributed by atoms with Gasteiger partial charge < -0.3 is 29.2 Å². The number of amides is 1. The van der Waals surface area contributed by atoms with Crippen molar-refractivity contribution in [2.75, 3.05) is 27.3 Å². The largest absolute Gasteiger partial charge is 0.494 e. The SMILES string of the molecule is COc1cccc(-n2cc(Cn3c(-c4cc5cccnc5n4CC4CC4)nc4cc(C(=O)N5C[C@H](N)C[C@@H](F)C5)cc(OC)c43)cn2)n1.